The number of nitrogens with one attached hydrogen (secondary N) is 11. The van der Waals surface area contributed by atoms with Crippen LogP contribution in [0.2, 0.25) is 0 Å². The quantitative estimate of drug-likeness (QED) is 0.0248. The normalized spacial score (nSPS) is 19.5. The van der Waals surface area contributed by atoms with Gasteiger partial charge in [-0.2, -0.15) is 4.98 Å². The van der Waals surface area contributed by atoms with Crippen LogP contribution >= 0.6 is 0 Å². The van der Waals surface area contributed by atoms with Gasteiger partial charge >= 0.3 is 18.4 Å². The summed E-state index contributed by atoms with van der Waals surface area (Å²) < 4.78 is 30.8. The number of hydrogen-bond donors (Lipinski definition) is 13. The number of aliphatic hydroxyl groups excluding tert-OH is 1. The number of ether oxygens (including phenoxy) is 2. The van der Waals surface area contributed by atoms with Crippen molar-refractivity contribution in [3.05, 3.63) is 52.6 Å². The number of anilines is 1. The Kier molecular flexibility index (Phi) is 23.3. The minimum Gasteiger partial charge on any atom is -0.543 e. The number of esters is 1. The summed E-state index contributed by atoms with van der Waals surface area (Å²) in [5.41, 5.74) is -12.1. The third-order valence-corrected chi connectivity index (χ3v) is 16.4. The zero-order valence-electron chi connectivity index (χ0n) is 59.1. The first-order chi connectivity index (χ1) is 42.9. The van der Waals surface area contributed by atoms with Crippen molar-refractivity contribution >= 4 is 83.1 Å². The molecule has 2 saturated heterocycles. The van der Waals surface area contributed by atoms with Crippen molar-refractivity contribution in [3.8, 4) is 0 Å². The average molecular weight is 1340 g/mol. The number of fused-ring (bicyclic) bond motifs is 1. The third kappa shape index (κ3) is 18.5. The second kappa shape index (κ2) is 27.9. The van der Waals surface area contributed by atoms with Crippen LogP contribution in [0.3, 0.4) is 0 Å². The van der Waals surface area contributed by atoms with Crippen LogP contribution in [0.5, 0.6) is 0 Å². The van der Waals surface area contributed by atoms with E-state index in [1.165, 1.54) is 162 Å². The summed E-state index contributed by atoms with van der Waals surface area (Å²) in [6.45, 7) is 27.4. The van der Waals surface area contributed by atoms with Crippen molar-refractivity contribution in [2.24, 2.45) is 0 Å². The smallest absolute Gasteiger partial charge is 0.410 e. The molecule has 10 amide bonds. The van der Waals surface area contributed by atoms with Crippen LogP contribution < -0.4 is 75.4 Å². The van der Waals surface area contributed by atoms with Crippen LogP contribution in [0.25, 0.3) is 0 Å². The number of hydrogen-bond acceptors (Lipinski definition) is 21. The van der Waals surface area contributed by atoms with Crippen molar-refractivity contribution in [2.45, 2.75) is 244 Å². The van der Waals surface area contributed by atoms with E-state index in [2.05, 4.69) is 63.5 Å². The lowest BCUT2D eigenvalue weighted by Gasteiger charge is -2.39. The number of carbonyl (C=O) groups excluding carboxylic acids is 11. The molecule has 95 heavy (non-hydrogen) atoms. The van der Waals surface area contributed by atoms with Gasteiger partial charge in [0.2, 0.25) is 59.1 Å². The number of nitrogen functional groups attached to an aromatic ring is 1. The van der Waals surface area contributed by atoms with Crippen LogP contribution in [0.15, 0.2) is 41.3 Å². The van der Waals surface area contributed by atoms with Gasteiger partial charge in [-0.3, -0.25) is 57.8 Å². The highest BCUT2D eigenvalue weighted by molar-refractivity contribution is 6.76. The number of rotatable bonds is 28. The van der Waals surface area contributed by atoms with E-state index in [4.69, 9.17) is 29.2 Å². The van der Waals surface area contributed by atoms with Crippen molar-refractivity contribution in [2.75, 3.05) is 26.6 Å². The summed E-state index contributed by atoms with van der Waals surface area (Å²) in [7, 11) is 2.54. The van der Waals surface area contributed by atoms with E-state index in [9.17, 15) is 62.6 Å². The van der Waals surface area contributed by atoms with Crippen LogP contribution in [0.1, 0.15) is 164 Å². The molecule has 2 aliphatic rings. The van der Waals surface area contributed by atoms with E-state index in [0.29, 0.717) is 11.0 Å². The zero-order valence-corrected chi connectivity index (χ0v) is 59.1. The fourth-order valence-corrected chi connectivity index (χ4v) is 9.49. The molecule has 33 heteroatoms. The Morgan fingerprint density at radius 2 is 0.789 bits per heavy atom. The first kappa shape index (κ1) is 79.3. The fourth-order valence-electron chi connectivity index (χ4n) is 9.49. The number of aromatic nitrogens is 2. The predicted octanol–water partition coefficient (Wildman–Crippen LogP) is -2.02. The first-order valence-corrected chi connectivity index (χ1v) is 30.8. The second-order valence-electron chi connectivity index (χ2n) is 29.8. The Bertz CT molecular complexity index is 3390. The van der Waals surface area contributed by atoms with Crippen LogP contribution in [0, 0.1) is 0 Å². The van der Waals surface area contributed by atoms with Gasteiger partial charge in [0.05, 0.1) is 31.5 Å². The number of methoxy groups -OCH3 is 1. The largest absolute Gasteiger partial charge is 0.543 e. The molecule has 0 saturated carbocycles. The summed E-state index contributed by atoms with van der Waals surface area (Å²) in [6.07, 6.45) is -2.40. The predicted molar refractivity (Wildman–Crippen MR) is 348 cm³/mol. The molecule has 2 fully saturated rings. The highest BCUT2D eigenvalue weighted by atomic mass is 16.8. The van der Waals surface area contributed by atoms with Crippen molar-refractivity contribution in [3.63, 3.8) is 0 Å². The van der Waals surface area contributed by atoms with Crippen LogP contribution in [0.4, 0.5) is 5.82 Å². The summed E-state index contributed by atoms with van der Waals surface area (Å²) in [6, 6.07) is 8.39. The fraction of sp³-hybridized carbons (Fsp3) is 0.661. The molecule has 14 N–H and O–H groups in total. The SMILES string of the molecule is COC(=O)[C@@](C)([13CH3])NC(=O)C(C)(C)NC(=O)C(C)(C)NC(=O)C(C)(C)NC(=O)C(C)(C)NC(=O)C(C)(C)NC(=O)C(C)(C)NC(=O)C(C)(C)NC(=O)C(C)(C)NC(=O)C(C)(C)NC(=O)C(C)(C)NCc1ccccc1[B@-]1(OC)O[C@@H]2[C@H](O1)[C@@H](CO)O[C@H]2n1ccc(N)nc1=O. The van der Waals surface area contributed by atoms with Gasteiger partial charge in [0.1, 0.15) is 67.3 Å². The van der Waals surface area contributed by atoms with Crippen LogP contribution in [-0.2, 0) is 82.7 Å². The average Bonchev–Trinajstić information content (AvgIpc) is 1.58. The van der Waals surface area contributed by atoms with E-state index in [1.54, 1.807) is 38.1 Å². The van der Waals surface area contributed by atoms with E-state index in [-0.39, 0.29) is 12.4 Å². The molecule has 530 valence electrons. The highest BCUT2D eigenvalue weighted by Gasteiger charge is 2.57. The topological polar surface area (TPSA) is 447 Å². The van der Waals surface area contributed by atoms with Gasteiger partial charge in [0.15, 0.2) is 6.23 Å². The van der Waals surface area contributed by atoms with Gasteiger partial charge in [0, 0.05) is 12.7 Å². The van der Waals surface area contributed by atoms with Gasteiger partial charge in [-0.15, -0.1) is 5.46 Å². The highest BCUT2D eigenvalue weighted by Crippen LogP contribution is 2.41. The van der Waals surface area contributed by atoms with Gasteiger partial charge in [-0.05, 0) is 165 Å². The molecule has 0 unspecified atom stereocenters. The monoisotopic (exact) mass is 1340 g/mol. The molecule has 3 heterocycles. The maximum atomic E-state index is 14.1. The van der Waals surface area contributed by atoms with Gasteiger partial charge in [-0.25, -0.2) is 9.59 Å². The molecular weight excluding hydrogens is 1240 g/mol. The molecule has 0 bridgehead atoms. The molecule has 2 aromatic rings. The summed E-state index contributed by atoms with van der Waals surface area (Å²) in [4.78, 5) is 167. The lowest BCUT2D eigenvalue weighted by molar-refractivity contribution is -0.150. The standard InChI is InChI=1S/C62H100BN14O18/c1-52(2,65-31-33-27-25-26-28-34(33)63(92-24)94-37-35(32-78)93-39(38(37)95-63)77-30-29-36(64)66-51(77)90)40(79)67-53(3,4)41(80)68-54(5,6)42(81)69-55(7,8)43(82)70-56(9,10)44(83)71-57(11,12)45(84)72-58(13,14)46(85)73-59(15,16)47(86)74-60(17,18)48(87)75-61(19,20)49(88)76-62(21,22)50(89)91-23/h25-30,35,37-39,65,78H,31-32H2,1-24H3,(H,67,79)(H,68,80)(H,69,81)(H,70,82)(H,71,83)(H,72,84)(H,73,85)(H,74,86)(H,75,87)(H,76,88)(H2,64,66,90)/q-1/t35-,37-,38-,39-,63-/m1/s1/i21+1/t35-,37-,38-,39-,62+,63-. The molecule has 1 aromatic heterocycles. The van der Waals surface area contributed by atoms with E-state index in [1.807, 2.05) is 0 Å². The summed E-state index contributed by atoms with van der Waals surface area (Å²) >= 11 is 0. The Morgan fingerprint density at radius 3 is 1.09 bits per heavy atom. The maximum absolute atomic E-state index is 14.1. The van der Waals surface area contributed by atoms with Gasteiger partial charge in [0.25, 0.3) is 0 Å². The number of aliphatic hydroxyl groups is 1. The number of nitrogens with two attached hydrogens (primary N) is 1. The minimum absolute atomic E-state index is 0.000633. The number of nitrogens with zero attached hydrogens (tertiary/aromatic N) is 2. The Labute approximate surface area is 554 Å². The Hall–Kier alpha value is -8.11. The van der Waals surface area contributed by atoms with Crippen molar-refractivity contribution < 1.29 is 81.3 Å². The van der Waals surface area contributed by atoms with E-state index in [0.717, 1.165) is 7.11 Å². The third-order valence-electron chi connectivity index (χ3n) is 16.4. The van der Waals surface area contributed by atoms with Crippen molar-refractivity contribution in [1.82, 2.24) is 68.0 Å². The molecule has 0 aliphatic carbocycles. The molecule has 6 atom stereocenters. The van der Waals surface area contributed by atoms with E-state index < -0.39 is 170 Å². The lowest BCUT2D eigenvalue weighted by atomic mass is 9.67. The first-order valence-electron chi connectivity index (χ1n) is 30.8. The second-order valence-corrected chi connectivity index (χ2v) is 29.8. The van der Waals surface area contributed by atoms with Gasteiger partial charge in [-0.1, -0.05) is 29.8 Å². The zero-order chi connectivity index (χ0) is 73.2. The number of carbonyl (C=O) groups is 11. The van der Waals surface area contributed by atoms with Gasteiger partial charge < -0.3 is 87.4 Å². The Morgan fingerprint density at radius 1 is 0.484 bits per heavy atom. The number of amides is 10. The molecular formula is C62H100BN14O18-. The molecule has 0 spiro atoms. The summed E-state index contributed by atoms with van der Waals surface area (Å²) in [5, 5.41) is 39.5. The lowest BCUT2D eigenvalue weighted by Crippen LogP contribution is -2.70. The van der Waals surface area contributed by atoms with E-state index >= 15 is 0 Å². The number of benzene rings is 1. The maximum Gasteiger partial charge on any atom is 0.410 e. The minimum atomic E-state index is -2.75. The molecule has 2 aliphatic heterocycles. The molecule has 32 nitrogen and oxygen atoms in total. The summed E-state index contributed by atoms with van der Waals surface area (Å²) in [5.74, 6) is -8.71. The molecule has 1 aromatic carbocycles. The Balaban J connectivity index is 1.33. The van der Waals surface area contributed by atoms with Crippen molar-refractivity contribution in [1.29, 1.82) is 0 Å². The van der Waals surface area contributed by atoms with Crippen LogP contribution in [-0.4, -0.2) is 187 Å². The molecule has 0 radical (unpaired) electrons. The molecule has 4 rings (SSSR count).